The van der Waals surface area contributed by atoms with E-state index in [2.05, 4.69) is 9.88 Å². The van der Waals surface area contributed by atoms with Crippen molar-refractivity contribution in [3.8, 4) is 0 Å². The third-order valence-electron chi connectivity index (χ3n) is 6.00. The molecule has 8 heteroatoms. The highest BCUT2D eigenvalue weighted by atomic mass is 32.1. The normalized spacial score (nSPS) is 17.3. The number of rotatable bonds is 3. The second-order valence-corrected chi connectivity index (χ2v) is 9.06. The van der Waals surface area contributed by atoms with E-state index in [1.54, 1.807) is 16.2 Å². The average Bonchev–Trinajstić information content (AvgIpc) is 3.13. The van der Waals surface area contributed by atoms with Crippen molar-refractivity contribution in [1.82, 2.24) is 19.8 Å². The van der Waals surface area contributed by atoms with Gasteiger partial charge in [0.15, 0.2) is 0 Å². The molecule has 1 aliphatic carbocycles. The number of halogens is 1. The third-order valence-corrected chi connectivity index (χ3v) is 7.18. The molecule has 3 heterocycles. The molecular weight excluding hydrogens is 403 g/mol. The zero-order chi connectivity index (χ0) is 20.7. The third kappa shape index (κ3) is 3.65. The van der Waals surface area contributed by atoms with Gasteiger partial charge in [0.05, 0.1) is 11.9 Å². The van der Waals surface area contributed by atoms with Gasteiger partial charge in [-0.1, -0.05) is 0 Å². The number of carbonyl (C=O) groups excluding carboxylic acids is 1. The molecule has 156 valence electrons. The molecule has 1 amide bonds. The Morgan fingerprint density at radius 2 is 1.83 bits per heavy atom. The van der Waals surface area contributed by atoms with E-state index in [1.165, 1.54) is 41.1 Å². The van der Waals surface area contributed by atoms with Gasteiger partial charge in [0.1, 0.15) is 16.5 Å². The average molecular weight is 427 g/mol. The first-order valence-corrected chi connectivity index (χ1v) is 11.2. The summed E-state index contributed by atoms with van der Waals surface area (Å²) in [6.45, 7) is 3.16. The summed E-state index contributed by atoms with van der Waals surface area (Å²) in [7, 11) is 0. The van der Waals surface area contributed by atoms with Crippen LogP contribution in [0.3, 0.4) is 0 Å². The predicted octanol–water partition coefficient (Wildman–Crippen LogP) is 2.96. The Labute approximate surface area is 177 Å². The van der Waals surface area contributed by atoms with Crippen molar-refractivity contribution < 1.29 is 9.18 Å². The van der Waals surface area contributed by atoms with Crippen LogP contribution in [-0.2, 0) is 19.4 Å². The lowest BCUT2D eigenvalue weighted by Crippen LogP contribution is -2.48. The number of piperazine rings is 1. The van der Waals surface area contributed by atoms with E-state index in [-0.39, 0.29) is 17.3 Å². The van der Waals surface area contributed by atoms with Crippen LogP contribution in [-0.4, -0.2) is 51.9 Å². The number of aromatic amines is 1. The van der Waals surface area contributed by atoms with Crippen LogP contribution in [0.15, 0.2) is 29.1 Å². The fraction of sp³-hybridized carbons (Fsp3) is 0.409. The number of aromatic nitrogens is 2. The Bertz CT molecular complexity index is 1150. The molecule has 2 aromatic heterocycles. The molecule has 2 aliphatic rings. The van der Waals surface area contributed by atoms with Crippen molar-refractivity contribution >= 4 is 27.5 Å². The maximum atomic E-state index is 13.1. The van der Waals surface area contributed by atoms with E-state index in [0.29, 0.717) is 44.1 Å². The predicted molar refractivity (Wildman–Crippen MR) is 114 cm³/mol. The highest BCUT2D eigenvalue weighted by Crippen LogP contribution is 2.33. The highest BCUT2D eigenvalue weighted by Gasteiger charge is 2.24. The minimum absolute atomic E-state index is 0.0282. The molecular formula is C22H23FN4O2S. The zero-order valence-corrected chi connectivity index (χ0v) is 17.4. The van der Waals surface area contributed by atoms with Crippen LogP contribution < -0.4 is 5.56 Å². The number of aryl methyl sites for hydroxylation is 2. The van der Waals surface area contributed by atoms with Crippen molar-refractivity contribution in [3.05, 3.63) is 62.3 Å². The van der Waals surface area contributed by atoms with E-state index in [1.807, 2.05) is 0 Å². The Balaban J connectivity index is 1.26. The van der Waals surface area contributed by atoms with Crippen LogP contribution in [0.4, 0.5) is 4.39 Å². The summed E-state index contributed by atoms with van der Waals surface area (Å²) >= 11 is 1.66. The van der Waals surface area contributed by atoms with Gasteiger partial charge in [-0.15, -0.1) is 11.3 Å². The van der Waals surface area contributed by atoms with Gasteiger partial charge < -0.3 is 9.88 Å². The summed E-state index contributed by atoms with van der Waals surface area (Å²) in [5, 5.41) is 0.785. The summed E-state index contributed by atoms with van der Waals surface area (Å²) in [5.41, 5.74) is 1.68. The standard InChI is InChI=1S/C22H23FN4O2S/c23-15-7-5-14(6-8-15)22(29)27-11-9-26(10-12-27)13-18-24-20(28)19-16-3-1-2-4-17(16)30-21(19)25-18/h5-8H,1-4,9-13H2,(H,24,25,28). The smallest absolute Gasteiger partial charge is 0.259 e. The number of carbonyl (C=O) groups is 1. The number of nitrogens with zero attached hydrogens (tertiary/aromatic N) is 3. The molecule has 30 heavy (non-hydrogen) atoms. The van der Waals surface area contributed by atoms with Crippen molar-refractivity contribution in [3.63, 3.8) is 0 Å². The summed E-state index contributed by atoms with van der Waals surface area (Å²) in [6, 6.07) is 5.66. The van der Waals surface area contributed by atoms with Gasteiger partial charge in [-0.3, -0.25) is 14.5 Å². The Hall–Kier alpha value is -2.58. The molecule has 0 radical (unpaired) electrons. The summed E-state index contributed by atoms with van der Waals surface area (Å²) < 4.78 is 13.1. The molecule has 5 rings (SSSR count). The molecule has 1 aliphatic heterocycles. The van der Waals surface area contributed by atoms with E-state index in [4.69, 9.17) is 4.98 Å². The topological polar surface area (TPSA) is 69.3 Å². The Morgan fingerprint density at radius 1 is 1.10 bits per heavy atom. The first-order valence-electron chi connectivity index (χ1n) is 10.4. The number of benzene rings is 1. The zero-order valence-electron chi connectivity index (χ0n) is 16.6. The van der Waals surface area contributed by atoms with E-state index in [0.717, 1.165) is 29.5 Å². The van der Waals surface area contributed by atoms with Gasteiger partial charge in [-0.2, -0.15) is 0 Å². The number of amides is 1. The summed E-state index contributed by atoms with van der Waals surface area (Å²) in [6.07, 6.45) is 4.35. The Morgan fingerprint density at radius 3 is 2.60 bits per heavy atom. The van der Waals surface area contributed by atoms with Crippen LogP contribution in [0.25, 0.3) is 10.2 Å². The molecule has 0 unspecified atom stereocenters. The first kappa shape index (κ1) is 19.4. The Kier molecular flexibility index (Phi) is 5.12. The molecule has 1 aromatic carbocycles. The number of H-pyrrole nitrogens is 1. The number of nitrogens with one attached hydrogen (secondary N) is 1. The SMILES string of the molecule is O=C(c1ccc(F)cc1)N1CCN(Cc2nc3sc4c(c3c(=O)[nH]2)CCCC4)CC1. The summed E-state index contributed by atoms with van der Waals surface area (Å²) in [5.74, 6) is 0.262. The van der Waals surface area contributed by atoms with E-state index >= 15 is 0 Å². The molecule has 3 aromatic rings. The van der Waals surface area contributed by atoms with Crippen molar-refractivity contribution in [2.45, 2.75) is 32.2 Å². The van der Waals surface area contributed by atoms with Gasteiger partial charge in [-0.05, 0) is 55.5 Å². The minimum Gasteiger partial charge on any atom is -0.336 e. The van der Waals surface area contributed by atoms with Gasteiger partial charge in [0, 0.05) is 36.6 Å². The first-order chi connectivity index (χ1) is 14.6. The fourth-order valence-electron chi connectivity index (χ4n) is 4.38. The van der Waals surface area contributed by atoms with Gasteiger partial charge >= 0.3 is 0 Å². The van der Waals surface area contributed by atoms with Crippen molar-refractivity contribution in [1.29, 1.82) is 0 Å². The molecule has 0 bridgehead atoms. The van der Waals surface area contributed by atoms with Crippen LogP contribution in [0, 0.1) is 5.82 Å². The quantitative estimate of drug-likeness (QED) is 0.699. The molecule has 0 saturated carbocycles. The largest absolute Gasteiger partial charge is 0.336 e. The van der Waals surface area contributed by atoms with Crippen LogP contribution in [0.5, 0.6) is 0 Å². The number of thiophene rings is 1. The second-order valence-electron chi connectivity index (χ2n) is 7.98. The molecule has 6 nitrogen and oxygen atoms in total. The van der Waals surface area contributed by atoms with Crippen molar-refractivity contribution in [2.75, 3.05) is 26.2 Å². The van der Waals surface area contributed by atoms with E-state index < -0.39 is 0 Å². The summed E-state index contributed by atoms with van der Waals surface area (Å²) in [4.78, 5) is 39.2. The molecule has 0 atom stereocenters. The fourth-order valence-corrected chi connectivity index (χ4v) is 5.66. The lowest BCUT2D eigenvalue weighted by atomic mass is 9.97. The lowest BCUT2D eigenvalue weighted by Gasteiger charge is -2.34. The van der Waals surface area contributed by atoms with Crippen molar-refractivity contribution in [2.24, 2.45) is 0 Å². The van der Waals surface area contributed by atoms with Gasteiger partial charge in [0.2, 0.25) is 0 Å². The molecule has 1 saturated heterocycles. The molecule has 0 spiro atoms. The van der Waals surface area contributed by atoms with Gasteiger partial charge in [-0.25, -0.2) is 9.37 Å². The number of fused-ring (bicyclic) bond motifs is 3. The monoisotopic (exact) mass is 426 g/mol. The van der Waals surface area contributed by atoms with Crippen LogP contribution in [0.1, 0.15) is 39.5 Å². The second kappa shape index (κ2) is 7.92. The van der Waals surface area contributed by atoms with Crippen LogP contribution >= 0.6 is 11.3 Å². The maximum Gasteiger partial charge on any atom is 0.259 e. The molecule has 1 N–H and O–H groups in total. The lowest BCUT2D eigenvalue weighted by molar-refractivity contribution is 0.0625. The highest BCUT2D eigenvalue weighted by molar-refractivity contribution is 7.18. The number of hydrogen-bond acceptors (Lipinski definition) is 5. The van der Waals surface area contributed by atoms with E-state index in [9.17, 15) is 14.0 Å². The molecule has 1 fully saturated rings. The number of hydrogen-bond donors (Lipinski definition) is 1. The maximum absolute atomic E-state index is 13.1. The van der Waals surface area contributed by atoms with Gasteiger partial charge in [0.25, 0.3) is 11.5 Å². The minimum atomic E-state index is -0.346. The van der Waals surface area contributed by atoms with Crippen LogP contribution in [0.2, 0.25) is 0 Å².